The molecule has 7 heteroatoms. The first-order valence-corrected chi connectivity index (χ1v) is 7.92. The van der Waals surface area contributed by atoms with Crippen LogP contribution in [0.15, 0.2) is 48.5 Å². The summed E-state index contributed by atoms with van der Waals surface area (Å²) in [6.07, 6.45) is -0.958. The molecule has 0 spiro atoms. The van der Waals surface area contributed by atoms with Crippen molar-refractivity contribution in [3.63, 3.8) is 0 Å². The Balaban J connectivity index is 0.00000338. The lowest BCUT2D eigenvalue weighted by Gasteiger charge is -2.25. The minimum Gasteiger partial charge on any atom is -0.497 e. The summed E-state index contributed by atoms with van der Waals surface area (Å²) in [5.41, 5.74) is 6.20. The summed E-state index contributed by atoms with van der Waals surface area (Å²) in [5.74, 6) is 0.731. The first kappa shape index (κ1) is 21.8. The van der Waals surface area contributed by atoms with Gasteiger partial charge in [-0.3, -0.25) is 4.79 Å². The van der Waals surface area contributed by atoms with Crippen LogP contribution in [-0.2, 0) is 10.3 Å². The van der Waals surface area contributed by atoms with Crippen molar-refractivity contribution in [3.8, 4) is 11.5 Å². The Hall–Kier alpha value is -2.28. The summed E-state index contributed by atoms with van der Waals surface area (Å²) in [7, 11) is 3.06. The van der Waals surface area contributed by atoms with E-state index in [1.165, 1.54) is 7.11 Å². The molecule has 0 radical (unpaired) electrons. The molecule has 2 rings (SSSR count). The highest BCUT2D eigenvalue weighted by atomic mass is 35.5. The summed E-state index contributed by atoms with van der Waals surface area (Å²) in [5, 5.41) is 13.1. The van der Waals surface area contributed by atoms with Crippen LogP contribution >= 0.6 is 12.4 Å². The molecule has 2 aromatic carbocycles. The van der Waals surface area contributed by atoms with Crippen LogP contribution in [0.4, 0.5) is 0 Å². The topological polar surface area (TPSA) is 93.8 Å². The molecule has 1 amide bonds. The van der Waals surface area contributed by atoms with Crippen molar-refractivity contribution >= 4 is 18.3 Å². The highest BCUT2D eigenvalue weighted by molar-refractivity contribution is 5.87. The molecule has 0 heterocycles. The summed E-state index contributed by atoms with van der Waals surface area (Å²) in [6, 6.07) is 14.2. The highest BCUT2D eigenvalue weighted by Crippen LogP contribution is 2.29. The van der Waals surface area contributed by atoms with E-state index in [4.69, 9.17) is 15.2 Å². The van der Waals surface area contributed by atoms with Gasteiger partial charge in [0.05, 0.1) is 20.3 Å². The number of ether oxygens (including phenoxy) is 2. The molecule has 0 aliphatic rings. The molecule has 0 aromatic heterocycles. The molecule has 26 heavy (non-hydrogen) atoms. The van der Waals surface area contributed by atoms with E-state index in [-0.39, 0.29) is 24.9 Å². The van der Waals surface area contributed by atoms with Crippen molar-refractivity contribution in [1.29, 1.82) is 0 Å². The van der Waals surface area contributed by atoms with Gasteiger partial charge in [0.25, 0.3) is 0 Å². The van der Waals surface area contributed by atoms with Crippen LogP contribution in [0.25, 0.3) is 0 Å². The summed E-state index contributed by atoms with van der Waals surface area (Å²) in [4.78, 5) is 12.5. The van der Waals surface area contributed by atoms with Gasteiger partial charge in [-0.25, -0.2) is 0 Å². The second-order valence-electron chi connectivity index (χ2n) is 5.90. The molecule has 6 nitrogen and oxygen atoms in total. The first-order chi connectivity index (χ1) is 11.9. The molecule has 0 fully saturated rings. The number of benzene rings is 2. The first-order valence-electron chi connectivity index (χ1n) is 7.92. The number of carbonyl (C=O) groups excluding carboxylic acids is 1. The summed E-state index contributed by atoms with van der Waals surface area (Å²) < 4.78 is 10.4. The predicted molar refractivity (Wildman–Crippen MR) is 103 cm³/mol. The molecule has 2 unspecified atom stereocenters. The average molecular weight is 381 g/mol. The van der Waals surface area contributed by atoms with Crippen LogP contribution in [0.5, 0.6) is 11.5 Å². The quantitative estimate of drug-likeness (QED) is 0.684. The Morgan fingerprint density at radius 1 is 1.19 bits per heavy atom. The number of methoxy groups -OCH3 is 2. The Bertz CT molecular complexity index is 723. The normalized spacial score (nSPS) is 13.7. The van der Waals surface area contributed by atoms with Gasteiger partial charge >= 0.3 is 0 Å². The third-order valence-electron chi connectivity index (χ3n) is 4.10. The number of aliphatic hydroxyl groups is 1. The number of halogens is 1. The molecular formula is C19H25ClN2O4. The third-order valence-corrected chi connectivity index (χ3v) is 4.10. The van der Waals surface area contributed by atoms with Crippen LogP contribution in [-0.4, -0.2) is 31.8 Å². The minimum atomic E-state index is -1.19. The van der Waals surface area contributed by atoms with E-state index < -0.39 is 11.6 Å². The maximum absolute atomic E-state index is 12.5. The van der Waals surface area contributed by atoms with Crippen LogP contribution in [0.1, 0.15) is 24.2 Å². The number of hydrogen-bond donors (Lipinski definition) is 3. The van der Waals surface area contributed by atoms with E-state index >= 15 is 0 Å². The van der Waals surface area contributed by atoms with Gasteiger partial charge in [-0.05, 0) is 30.7 Å². The highest BCUT2D eigenvalue weighted by Gasteiger charge is 2.30. The van der Waals surface area contributed by atoms with Gasteiger partial charge in [-0.15, -0.1) is 12.4 Å². The van der Waals surface area contributed by atoms with Crippen molar-refractivity contribution in [3.05, 3.63) is 59.7 Å². The molecule has 142 valence electrons. The number of amides is 1. The van der Waals surface area contributed by atoms with Gasteiger partial charge < -0.3 is 25.6 Å². The number of carbonyl (C=O) groups is 1. The smallest absolute Gasteiger partial charge is 0.244 e. The zero-order valence-corrected chi connectivity index (χ0v) is 15.9. The van der Waals surface area contributed by atoms with Crippen molar-refractivity contribution in [2.24, 2.45) is 5.73 Å². The Morgan fingerprint density at radius 3 is 2.42 bits per heavy atom. The number of aliphatic hydroxyl groups excluding tert-OH is 1. The monoisotopic (exact) mass is 380 g/mol. The standard InChI is InChI=1S/C19H24N2O4.ClH/c1-19(20,13-7-5-4-6-8-13)18(23)21-12-16(22)15-11-14(24-2)9-10-17(15)25-3;/h4-11,16,22H,12,20H2,1-3H3,(H,21,23);1H. The van der Waals surface area contributed by atoms with Gasteiger partial charge in [-0.1, -0.05) is 30.3 Å². The Kier molecular flexibility index (Phi) is 7.89. The van der Waals surface area contributed by atoms with Gasteiger partial charge in [0.2, 0.25) is 5.91 Å². The SMILES string of the molecule is COc1ccc(OC)c(C(O)CNC(=O)C(C)(N)c2ccccc2)c1.Cl. The lowest BCUT2D eigenvalue weighted by Crippen LogP contribution is -2.49. The van der Waals surface area contributed by atoms with Crippen molar-refractivity contribution < 1.29 is 19.4 Å². The molecule has 0 aliphatic heterocycles. The van der Waals surface area contributed by atoms with Gasteiger partial charge in [0, 0.05) is 12.1 Å². The Labute approximate surface area is 159 Å². The number of nitrogens with two attached hydrogens (primary N) is 1. The maximum Gasteiger partial charge on any atom is 0.244 e. The van der Waals surface area contributed by atoms with Crippen molar-refractivity contribution in [2.45, 2.75) is 18.6 Å². The largest absolute Gasteiger partial charge is 0.497 e. The number of nitrogens with one attached hydrogen (secondary N) is 1. The molecule has 2 atom stereocenters. The summed E-state index contributed by atoms with van der Waals surface area (Å²) >= 11 is 0. The van der Waals surface area contributed by atoms with E-state index in [1.807, 2.05) is 18.2 Å². The number of rotatable bonds is 7. The molecule has 4 N–H and O–H groups in total. The van der Waals surface area contributed by atoms with Crippen molar-refractivity contribution in [1.82, 2.24) is 5.32 Å². The average Bonchev–Trinajstić information content (AvgIpc) is 2.65. The predicted octanol–water partition coefficient (Wildman–Crippen LogP) is 2.15. The van der Waals surface area contributed by atoms with Gasteiger partial charge in [-0.2, -0.15) is 0 Å². The third kappa shape index (κ3) is 4.88. The van der Waals surface area contributed by atoms with E-state index in [0.29, 0.717) is 22.6 Å². The van der Waals surface area contributed by atoms with Crippen LogP contribution in [0.3, 0.4) is 0 Å². The minimum absolute atomic E-state index is 0. The fraction of sp³-hybridized carbons (Fsp3) is 0.316. The van der Waals surface area contributed by atoms with Crippen LogP contribution in [0, 0.1) is 0 Å². The van der Waals surface area contributed by atoms with E-state index in [9.17, 15) is 9.90 Å². The van der Waals surface area contributed by atoms with Crippen LogP contribution < -0.4 is 20.5 Å². The second kappa shape index (κ2) is 9.43. The summed E-state index contributed by atoms with van der Waals surface area (Å²) in [6.45, 7) is 1.64. The van der Waals surface area contributed by atoms with Gasteiger partial charge in [0.1, 0.15) is 17.0 Å². The van der Waals surface area contributed by atoms with Crippen molar-refractivity contribution in [2.75, 3.05) is 20.8 Å². The molecular weight excluding hydrogens is 356 g/mol. The molecule has 0 bridgehead atoms. The van der Waals surface area contributed by atoms with E-state index in [2.05, 4.69) is 5.32 Å². The Morgan fingerprint density at radius 2 is 1.85 bits per heavy atom. The van der Waals surface area contributed by atoms with Gasteiger partial charge in [0.15, 0.2) is 0 Å². The fourth-order valence-electron chi connectivity index (χ4n) is 2.50. The van der Waals surface area contributed by atoms with Crippen LogP contribution in [0.2, 0.25) is 0 Å². The van der Waals surface area contributed by atoms with E-state index in [1.54, 1.807) is 44.4 Å². The molecule has 0 aliphatic carbocycles. The zero-order chi connectivity index (χ0) is 18.4. The fourth-order valence-corrected chi connectivity index (χ4v) is 2.50. The second-order valence-corrected chi connectivity index (χ2v) is 5.90. The molecule has 0 saturated heterocycles. The number of hydrogen-bond acceptors (Lipinski definition) is 5. The molecule has 0 saturated carbocycles. The lowest BCUT2D eigenvalue weighted by molar-refractivity contribution is -0.126. The maximum atomic E-state index is 12.5. The lowest BCUT2D eigenvalue weighted by atomic mass is 9.92. The zero-order valence-electron chi connectivity index (χ0n) is 15.1. The van der Waals surface area contributed by atoms with E-state index in [0.717, 1.165) is 0 Å². The molecule has 2 aromatic rings.